The monoisotopic (exact) mass is 344 g/mol. The Morgan fingerprint density at radius 1 is 1.16 bits per heavy atom. The number of hydrogen-bond donors (Lipinski definition) is 1. The van der Waals surface area contributed by atoms with Gasteiger partial charge in [0.25, 0.3) is 0 Å². The number of piperidine rings is 1. The first kappa shape index (κ1) is 17.1. The molecule has 25 heavy (non-hydrogen) atoms. The third-order valence-electron chi connectivity index (χ3n) is 6.44. The van der Waals surface area contributed by atoms with Gasteiger partial charge in [-0.2, -0.15) is 5.10 Å². The maximum atomic E-state index is 12.8. The fourth-order valence-electron chi connectivity index (χ4n) is 4.72. The quantitative estimate of drug-likeness (QED) is 0.863. The molecule has 5 heteroatoms. The first-order valence-electron chi connectivity index (χ1n) is 10.2. The maximum Gasteiger partial charge on any atom is 0.228 e. The number of rotatable bonds is 6. The number of hydrogen-bond acceptors (Lipinski definition) is 3. The second kappa shape index (κ2) is 7.48. The second-order valence-electron chi connectivity index (χ2n) is 8.56. The van der Waals surface area contributed by atoms with Crippen molar-refractivity contribution in [2.75, 3.05) is 19.6 Å². The normalized spacial score (nSPS) is 27.1. The van der Waals surface area contributed by atoms with Crippen LogP contribution in [0.25, 0.3) is 0 Å². The summed E-state index contributed by atoms with van der Waals surface area (Å²) in [4.78, 5) is 15.5. The number of likely N-dealkylation sites (tertiary alicyclic amines) is 1. The second-order valence-corrected chi connectivity index (χ2v) is 8.56. The number of carbonyl (C=O) groups excluding carboxylic acids is 1. The Morgan fingerprint density at radius 2 is 2.00 bits per heavy atom. The van der Waals surface area contributed by atoms with E-state index in [2.05, 4.69) is 15.3 Å². The zero-order valence-electron chi connectivity index (χ0n) is 15.3. The van der Waals surface area contributed by atoms with Gasteiger partial charge >= 0.3 is 0 Å². The molecule has 1 aliphatic heterocycles. The van der Waals surface area contributed by atoms with Crippen LogP contribution in [0, 0.1) is 11.3 Å². The predicted molar refractivity (Wildman–Crippen MR) is 98.1 cm³/mol. The van der Waals surface area contributed by atoms with Crippen molar-refractivity contribution in [3.63, 3.8) is 0 Å². The highest BCUT2D eigenvalue weighted by molar-refractivity contribution is 5.85. The van der Waals surface area contributed by atoms with Crippen LogP contribution in [0.4, 0.5) is 0 Å². The molecule has 0 radical (unpaired) electrons. The van der Waals surface area contributed by atoms with E-state index in [1.165, 1.54) is 51.6 Å². The van der Waals surface area contributed by atoms with Gasteiger partial charge in [0, 0.05) is 31.5 Å². The van der Waals surface area contributed by atoms with Crippen LogP contribution in [0.2, 0.25) is 0 Å². The zero-order valence-corrected chi connectivity index (χ0v) is 15.3. The van der Waals surface area contributed by atoms with Crippen LogP contribution in [0.5, 0.6) is 0 Å². The van der Waals surface area contributed by atoms with Gasteiger partial charge in [0.05, 0.1) is 12.0 Å². The van der Waals surface area contributed by atoms with Crippen LogP contribution < -0.4 is 5.32 Å². The third-order valence-corrected chi connectivity index (χ3v) is 6.44. The Labute approximate surface area is 151 Å². The molecular formula is C20H32N4O. The van der Waals surface area contributed by atoms with E-state index >= 15 is 0 Å². The van der Waals surface area contributed by atoms with Crippen LogP contribution >= 0.6 is 0 Å². The molecule has 3 aliphatic rings. The van der Waals surface area contributed by atoms with E-state index in [-0.39, 0.29) is 11.3 Å². The topological polar surface area (TPSA) is 50.2 Å². The highest BCUT2D eigenvalue weighted by Crippen LogP contribution is 2.47. The number of nitrogens with one attached hydrogen (secondary N) is 1. The summed E-state index contributed by atoms with van der Waals surface area (Å²) in [5.74, 6) is 1.14. The molecule has 0 bridgehead atoms. The summed E-state index contributed by atoms with van der Waals surface area (Å²) in [6.45, 7) is 4.22. The SMILES string of the molecule is O=C(N[C@H]1CCCN(CC2CCCCC2)C1)C1(Cn2cccn2)CC1. The standard InChI is InChI=1S/C20H32N4O/c25-19(20(9-10-20)16-24-13-5-11-21-24)22-18-8-4-12-23(15-18)14-17-6-2-1-3-7-17/h5,11,13,17-18H,1-4,6-10,12,14-16H2,(H,22,25)/t18-/m0/s1. The molecule has 1 aromatic heterocycles. The lowest BCUT2D eigenvalue weighted by molar-refractivity contribution is -0.128. The van der Waals surface area contributed by atoms with Crippen molar-refractivity contribution in [3.8, 4) is 0 Å². The van der Waals surface area contributed by atoms with E-state index in [1.54, 1.807) is 6.20 Å². The lowest BCUT2D eigenvalue weighted by atomic mass is 9.88. The van der Waals surface area contributed by atoms with Gasteiger partial charge in [-0.15, -0.1) is 0 Å². The molecule has 2 aliphatic carbocycles. The van der Waals surface area contributed by atoms with Crippen LogP contribution in [-0.4, -0.2) is 46.3 Å². The van der Waals surface area contributed by atoms with E-state index in [4.69, 9.17) is 0 Å². The van der Waals surface area contributed by atoms with Gasteiger partial charge in [-0.1, -0.05) is 19.3 Å². The Hall–Kier alpha value is -1.36. The van der Waals surface area contributed by atoms with Crippen LogP contribution in [-0.2, 0) is 11.3 Å². The third kappa shape index (κ3) is 4.25. The Kier molecular flexibility index (Phi) is 5.11. The van der Waals surface area contributed by atoms with Gasteiger partial charge in [0.15, 0.2) is 0 Å². The van der Waals surface area contributed by atoms with Gasteiger partial charge in [0.1, 0.15) is 0 Å². The van der Waals surface area contributed by atoms with Crippen LogP contribution in [0.15, 0.2) is 18.5 Å². The lowest BCUT2D eigenvalue weighted by Crippen LogP contribution is -2.51. The predicted octanol–water partition coefficient (Wildman–Crippen LogP) is 2.82. The number of aromatic nitrogens is 2. The van der Waals surface area contributed by atoms with Crippen molar-refractivity contribution in [2.45, 2.75) is 70.4 Å². The molecule has 1 amide bonds. The Balaban J connectivity index is 1.27. The number of amides is 1. The lowest BCUT2D eigenvalue weighted by Gasteiger charge is -2.36. The molecular weight excluding hydrogens is 312 g/mol. The summed E-state index contributed by atoms with van der Waals surface area (Å²) in [6.07, 6.45) is 15.1. The molecule has 4 rings (SSSR count). The molecule has 1 atom stereocenters. The van der Waals surface area contributed by atoms with E-state index in [9.17, 15) is 4.79 Å². The highest BCUT2D eigenvalue weighted by Gasteiger charge is 2.50. The Bertz CT molecular complexity index is 560. The first-order chi connectivity index (χ1) is 12.2. The highest BCUT2D eigenvalue weighted by atomic mass is 16.2. The van der Waals surface area contributed by atoms with E-state index in [1.807, 2.05) is 16.9 Å². The fraction of sp³-hybridized carbons (Fsp3) is 0.800. The summed E-state index contributed by atoms with van der Waals surface area (Å²) in [7, 11) is 0. The molecule has 1 aromatic rings. The van der Waals surface area contributed by atoms with Gasteiger partial charge < -0.3 is 10.2 Å². The van der Waals surface area contributed by atoms with E-state index in [0.717, 1.165) is 38.3 Å². The van der Waals surface area contributed by atoms with Crippen molar-refractivity contribution in [1.82, 2.24) is 20.0 Å². The van der Waals surface area contributed by atoms with Gasteiger partial charge in [-0.25, -0.2) is 0 Å². The molecule has 2 heterocycles. The van der Waals surface area contributed by atoms with Crippen LogP contribution in [0.3, 0.4) is 0 Å². The minimum absolute atomic E-state index is 0.197. The average molecular weight is 345 g/mol. The number of carbonyl (C=O) groups is 1. The minimum atomic E-state index is -0.197. The smallest absolute Gasteiger partial charge is 0.228 e. The Morgan fingerprint density at radius 3 is 2.72 bits per heavy atom. The molecule has 0 aromatic carbocycles. The summed E-state index contributed by atoms with van der Waals surface area (Å²) in [6, 6.07) is 2.26. The van der Waals surface area contributed by atoms with Gasteiger partial charge in [0.2, 0.25) is 5.91 Å². The van der Waals surface area contributed by atoms with Crippen molar-refractivity contribution in [1.29, 1.82) is 0 Å². The van der Waals surface area contributed by atoms with E-state index in [0.29, 0.717) is 6.04 Å². The molecule has 3 fully saturated rings. The first-order valence-corrected chi connectivity index (χ1v) is 10.2. The molecule has 138 valence electrons. The minimum Gasteiger partial charge on any atom is -0.352 e. The van der Waals surface area contributed by atoms with E-state index < -0.39 is 0 Å². The van der Waals surface area contributed by atoms with Crippen molar-refractivity contribution in [3.05, 3.63) is 18.5 Å². The van der Waals surface area contributed by atoms with Crippen molar-refractivity contribution < 1.29 is 4.79 Å². The zero-order chi connectivity index (χ0) is 17.1. The molecule has 0 unspecified atom stereocenters. The van der Waals surface area contributed by atoms with Gasteiger partial charge in [-0.05, 0) is 57.1 Å². The molecule has 1 saturated heterocycles. The van der Waals surface area contributed by atoms with Gasteiger partial charge in [-0.3, -0.25) is 9.48 Å². The molecule has 2 saturated carbocycles. The average Bonchev–Trinajstić information content (AvgIpc) is 3.22. The summed E-state index contributed by atoms with van der Waals surface area (Å²) in [5, 5.41) is 7.66. The summed E-state index contributed by atoms with van der Waals surface area (Å²) >= 11 is 0. The summed E-state index contributed by atoms with van der Waals surface area (Å²) < 4.78 is 1.91. The fourth-order valence-corrected chi connectivity index (χ4v) is 4.72. The summed E-state index contributed by atoms with van der Waals surface area (Å²) in [5.41, 5.74) is -0.197. The molecule has 1 N–H and O–H groups in total. The number of nitrogens with zero attached hydrogens (tertiary/aromatic N) is 3. The van der Waals surface area contributed by atoms with Crippen LogP contribution in [0.1, 0.15) is 57.8 Å². The maximum absolute atomic E-state index is 12.8. The van der Waals surface area contributed by atoms with Crippen molar-refractivity contribution >= 4 is 5.91 Å². The van der Waals surface area contributed by atoms with Crippen molar-refractivity contribution in [2.24, 2.45) is 11.3 Å². The molecule has 5 nitrogen and oxygen atoms in total. The largest absolute Gasteiger partial charge is 0.352 e. The molecule has 0 spiro atoms.